The van der Waals surface area contributed by atoms with E-state index in [-0.39, 0.29) is 11.6 Å². The maximum Gasteiger partial charge on any atom is 0.272 e. The van der Waals surface area contributed by atoms with Gasteiger partial charge in [-0.05, 0) is 93.8 Å². The molecule has 1 unspecified atom stereocenters. The Hall–Kier alpha value is -4.63. The molecule has 3 N–H and O–H groups in total. The summed E-state index contributed by atoms with van der Waals surface area (Å²) in [5.41, 5.74) is 3.18. The molecule has 224 valence electrons. The first-order valence-corrected chi connectivity index (χ1v) is 15.9. The summed E-state index contributed by atoms with van der Waals surface area (Å²) < 4.78 is 0.791. The van der Waals surface area contributed by atoms with Gasteiger partial charge in [-0.15, -0.1) is 11.8 Å². The van der Waals surface area contributed by atoms with Gasteiger partial charge < -0.3 is 16.0 Å². The monoisotopic (exact) mass is 695 g/mol. The highest BCUT2D eigenvalue weighted by molar-refractivity contribution is 9.10. The van der Waals surface area contributed by atoms with E-state index in [2.05, 4.69) is 31.9 Å². The van der Waals surface area contributed by atoms with E-state index in [1.807, 2.05) is 72.8 Å². The molecule has 0 bridgehead atoms. The number of hydrogen-bond donors (Lipinski definition) is 3. The molecular formula is C36H27BrClN3O3S. The number of hydrogen-bond acceptors (Lipinski definition) is 4. The van der Waals surface area contributed by atoms with Crippen molar-refractivity contribution in [3.8, 4) is 0 Å². The van der Waals surface area contributed by atoms with Gasteiger partial charge in [0.15, 0.2) is 0 Å². The number of para-hydroxylation sites is 1. The number of thioether (sulfide) groups is 1. The molecule has 45 heavy (non-hydrogen) atoms. The van der Waals surface area contributed by atoms with Crippen molar-refractivity contribution < 1.29 is 14.4 Å². The molecule has 0 aliphatic rings. The molecule has 5 aromatic rings. The Balaban J connectivity index is 1.33. The maximum absolute atomic E-state index is 13.5. The van der Waals surface area contributed by atoms with E-state index < -0.39 is 17.1 Å². The topological polar surface area (TPSA) is 87.3 Å². The van der Waals surface area contributed by atoms with Crippen molar-refractivity contribution in [1.29, 1.82) is 0 Å². The largest absolute Gasteiger partial charge is 0.324 e. The van der Waals surface area contributed by atoms with Gasteiger partial charge in [0.1, 0.15) is 10.9 Å². The second kappa shape index (κ2) is 15.4. The lowest BCUT2D eigenvalue weighted by atomic mass is 10.1. The van der Waals surface area contributed by atoms with Crippen LogP contribution in [0.2, 0.25) is 5.02 Å². The summed E-state index contributed by atoms with van der Waals surface area (Å²) in [4.78, 5) is 40.6. The fraction of sp³-hybridized carbons (Fsp3) is 0.0278. The minimum absolute atomic E-state index is 0.0532. The molecule has 0 aliphatic heterocycles. The van der Waals surface area contributed by atoms with Gasteiger partial charge in [-0.2, -0.15) is 0 Å². The number of nitrogens with one attached hydrogen (secondary N) is 3. The molecule has 1 atom stereocenters. The Morgan fingerprint density at radius 2 is 1.40 bits per heavy atom. The molecule has 0 fully saturated rings. The molecule has 0 spiro atoms. The molecule has 3 amide bonds. The second-order valence-electron chi connectivity index (χ2n) is 9.79. The predicted octanol–water partition coefficient (Wildman–Crippen LogP) is 8.98. The van der Waals surface area contributed by atoms with Gasteiger partial charge in [0.25, 0.3) is 11.8 Å². The van der Waals surface area contributed by atoms with Crippen molar-refractivity contribution in [3.05, 3.63) is 165 Å². The minimum Gasteiger partial charge on any atom is -0.324 e. The summed E-state index contributed by atoms with van der Waals surface area (Å²) >= 11 is 11.0. The molecule has 0 aliphatic carbocycles. The number of benzene rings is 5. The molecule has 0 saturated heterocycles. The lowest BCUT2D eigenvalue weighted by molar-refractivity contribution is -0.116. The number of carbonyl (C=O) groups is 3. The fourth-order valence-electron chi connectivity index (χ4n) is 4.32. The smallest absolute Gasteiger partial charge is 0.272 e. The minimum atomic E-state index is -0.529. The number of amides is 3. The van der Waals surface area contributed by atoms with Crippen LogP contribution in [0.4, 0.5) is 11.4 Å². The third kappa shape index (κ3) is 8.95. The Bertz CT molecular complexity index is 1830. The summed E-state index contributed by atoms with van der Waals surface area (Å²) in [6, 6.07) is 39.8. The van der Waals surface area contributed by atoms with Gasteiger partial charge in [0.05, 0.1) is 5.69 Å². The van der Waals surface area contributed by atoms with Gasteiger partial charge in [-0.3, -0.25) is 14.4 Å². The second-order valence-corrected chi connectivity index (χ2v) is 12.3. The van der Waals surface area contributed by atoms with Crippen molar-refractivity contribution in [3.63, 3.8) is 0 Å². The van der Waals surface area contributed by atoms with E-state index in [0.29, 0.717) is 27.5 Å². The first-order chi connectivity index (χ1) is 21.9. The van der Waals surface area contributed by atoms with Crippen molar-refractivity contribution in [2.45, 2.75) is 10.1 Å². The summed E-state index contributed by atoms with van der Waals surface area (Å²) in [7, 11) is 0. The third-order valence-corrected chi connectivity index (χ3v) is 8.72. The van der Waals surface area contributed by atoms with E-state index >= 15 is 0 Å². The summed E-state index contributed by atoms with van der Waals surface area (Å²) in [5.74, 6) is -1.09. The molecule has 6 nitrogen and oxygen atoms in total. The Morgan fingerprint density at radius 3 is 2.09 bits per heavy atom. The van der Waals surface area contributed by atoms with E-state index in [1.54, 1.807) is 66.7 Å². The first kappa shape index (κ1) is 31.8. The van der Waals surface area contributed by atoms with Gasteiger partial charge in [-0.1, -0.05) is 84.4 Å². The van der Waals surface area contributed by atoms with Gasteiger partial charge in [0.2, 0.25) is 5.91 Å². The summed E-state index contributed by atoms with van der Waals surface area (Å²) in [6.07, 6.45) is 1.57. The van der Waals surface area contributed by atoms with Crippen LogP contribution < -0.4 is 16.0 Å². The number of rotatable bonds is 10. The van der Waals surface area contributed by atoms with Crippen LogP contribution in [-0.2, 0) is 9.59 Å². The van der Waals surface area contributed by atoms with Crippen LogP contribution in [0.3, 0.4) is 0 Å². The SMILES string of the molecule is O=C(Nc1ccc(SC(C(=O)Nc2ccccc2Br)c2ccccc2)cc1)/C(=C/c1cccc(Cl)c1)NC(=O)c1ccccc1. The Kier molecular flexibility index (Phi) is 10.9. The van der Waals surface area contributed by atoms with E-state index in [1.165, 1.54) is 11.8 Å². The Morgan fingerprint density at radius 1 is 0.733 bits per heavy atom. The van der Waals surface area contributed by atoms with Crippen LogP contribution in [0, 0.1) is 0 Å². The van der Waals surface area contributed by atoms with Crippen LogP contribution in [0.25, 0.3) is 6.08 Å². The molecule has 0 heterocycles. The molecule has 5 rings (SSSR count). The quantitative estimate of drug-likeness (QED) is 0.101. The highest BCUT2D eigenvalue weighted by Gasteiger charge is 2.23. The van der Waals surface area contributed by atoms with Gasteiger partial charge in [-0.25, -0.2) is 0 Å². The zero-order valence-electron chi connectivity index (χ0n) is 23.7. The van der Waals surface area contributed by atoms with Crippen LogP contribution in [0.5, 0.6) is 0 Å². The van der Waals surface area contributed by atoms with Crippen molar-refractivity contribution in [2.75, 3.05) is 10.6 Å². The predicted molar refractivity (Wildman–Crippen MR) is 186 cm³/mol. The molecule has 0 saturated carbocycles. The molecule has 5 aromatic carbocycles. The lowest BCUT2D eigenvalue weighted by Gasteiger charge is -2.18. The molecule has 9 heteroatoms. The maximum atomic E-state index is 13.5. The normalized spacial score (nSPS) is 11.7. The van der Waals surface area contributed by atoms with Crippen LogP contribution >= 0.6 is 39.3 Å². The summed E-state index contributed by atoms with van der Waals surface area (Å²) in [6.45, 7) is 0. The van der Waals surface area contributed by atoms with Crippen molar-refractivity contribution >= 4 is 74.5 Å². The highest BCUT2D eigenvalue weighted by Crippen LogP contribution is 2.37. The van der Waals surface area contributed by atoms with E-state index in [4.69, 9.17) is 11.6 Å². The molecule has 0 aromatic heterocycles. The Labute approximate surface area is 279 Å². The van der Waals surface area contributed by atoms with Crippen molar-refractivity contribution in [1.82, 2.24) is 5.32 Å². The van der Waals surface area contributed by atoms with Crippen molar-refractivity contribution in [2.24, 2.45) is 0 Å². The summed E-state index contributed by atoms with van der Waals surface area (Å²) in [5, 5.41) is 8.58. The van der Waals surface area contributed by atoms with Gasteiger partial charge >= 0.3 is 0 Å². The van der Waals surface area contributed by atoms with Crippen LogP contribution in [0.1, 0.15) is 26.7 Å². The standard InChI is InChI=1S/C36H27BrClN3O3S/c37-30-16-7-8-17-31(30)40-36(44)33(25-11-3-1-4-12-25)45-29-20-18-28(19-21-29)39-35(43)32(23-24-10-9-15-27(38)22-24)41-34(42)26-13-5-2-6-14-26/h1-23,33H,(H,39,43)(H,40,44)(H,41,42)/b32-23-. The highest BCUT2D eigenvalue weighted by atomic mass is 79.9. The van der Waals surface area contributed by atoms with Crippen LogP contribution in [-0.4, -0.2) is 17.7 Å². The van der Waals surface area contributed by atoms with E-state index in [0.717, 1.165) is 14.9 Å². The molecule has 0 radical (unpaired) electrons. The van der Waals surface area contributed by atoms with E-state index in [9.17, 15) is 14.4 Å². The third-order valence-electron chi connectivity index (χ3n) is 6.53. The average Bonchev–Trinajstić information content (AvgIpc) is 3.06. The zero-order valence-corrected chi connectivity index (χ0v) is 26.9. The number of anilines is 2. The molecular weight excluding hydrogens is 670 g/mol. The fourth-order valence-corrected chi connectivity index (χ4v) is 5.93. The number of halogens is 2. The first-order valence-electron chi connectivity index (χ1n) is 13.9. The van der Waals surface area contributed by atoms with Crippen LogP contribution in [0.15, 0.2) is 149 Å². The lowest BCUT2D eigenvalue weighted by Crippen LogP contribution is -2.30. The average molecular weight is 697 g/mol. The zero-order chi connectivity index (χ0) is 31.6. The number of carbonyl (C=O) groups excluding carboxylic acids is 3. The van der Waals surface area contributed by atoms with Gasteiger partial charge in [0, 0.05) is 25.6 Å².